The fourth-order valence-corrected chi connectivity index (χ4v) is 4.76. The van der Waals surface area contributed by atoms with Crippen LogP contribution >= 0.6 is 0 Å². The standard InChI is InChI=1S/C29H27N/c1-20-12-16-26-24(18-20)15-17-27-28(23-9-4-3-5-10-23)21(2)13-14-22-8-6-7-11-25(22)19-30-29(26)27/h3-5,7,9-11,13-17,21H,6,8,18-19H2,1-2H3/b14-13-,28-27-,30-29-. The summed E-state index contributed by atoms with van der Waals surface area (Å²) in [5.41, 5.74) is 12.7. The summed E-state index contributed by atoms with van der Waals surface area (Å²) in [7, 11) is 0. The van der Waals surface area contributed by atoms with Crippen LogP contribution in [0.15, 0.2) is 94.2 Å². The van der Waals surface area contributed by atoms with Gasteiger partial charge in [-0.15, -0.1) is 5.73 Å². The van der Waals surface area contributed by atoms with Gasteiger partial charge in [-0.2, -0.15) is 0 Å². The summed E-state index contributed by atoms with van der Waals surface area (Å²) in [6.07, 6.45) is 14.6. The molecule has 0 saturated carbocycles. The first-order valence-corrected chi connectivity index (χ1v) is 11.0. The monoisotopic (exact) mass is 389 g/mol. The number of allylic oxidation sites excluding steroid dienone is 5. The van der Waals surface area contributed by atoms with Gasteiger partial charge >= 0.3 is 0 Å². The van der Waals surface area contributed by atoms with Gasteiger partial charge < -0.3 is 0 Å². The van der Waals surface area contributed by atoms with E-state index in [0.717, 1.165) is 31.2 Å². The lowest BCUT2D eigenvalue weighted by Crippen LogP contribution is -2.34. The third kappa shape index (κ3) is 3.47. The zero-order valence-electron chi connectivity index (χ0n) is 17.8. The van der Waals surface area contributed by atoms with Crippen molar-refractivity contribution in [1.82, 2.24) is 0 Å². The van der Waals surface area contributed by atoms with Crippen molar-refractivity contribution >= 4 is 11.6 Å². The van der Waals surface area contributed by atoms with Crippen LogP contribution in [0.3, 0.4) is 0 Å². The van der Waals surface area contributed by atoms with Crippen LogP contribution < -0.4 is 10.6 Å². The van der Waals surface area contributed by atoms with E-state index in [4.69, 9.17) is 4.99 Å². The molecule has 1 heterocycles. The van der Waals surface area contributed by atoms with Crippen molar-refractivity contribution in [2.75, 3.05) is 6.54 Å². The normalized spacial score (nSPS) is 24.1. The molecular formula is C29H27N. The first kappa shape index (κ1) is 18.9. The summed E-state index contributed by atoms with van der Waals surface area (Å²) in [5, 5.41) is 2.37. The van der Waals surface area contributed by atoms with E-state index in [1.165, 1.54) is 44.2 Å². The van der Waals surface area contributed by atoms with Crippen LogP contribution in [0.2, 0.25) is 0 Å². The Kier molecular flexibility index (Phi) is 4.99. The maximum absolute atomic E-state index is 5.24. The highest BCUT2D eigenvalue weighted by molar-refractivity contribution is 5.70. The molecule has 1 atom stereocenters. The van der Waals surface area contributed by atoms with Crippen LogP contribution in [0.25, 0.3) is 11.6 Å². The lowest BCUT2D eigenvalue weighted by atomic mass is 9.87. The number of fused-ring (bicyclic) bond motifs is 3. The third-order valence-corrected chi connectivity index (χ3v) is 6.36. The van der Waals surface area contributed by atoms with Crippen molar-refractivity contribution in [3.05, 3.63) is 116 Å². The minimum absolute atomic E-state index is 0.294. The van der Waals surface area contributed by atoms with Gasteiger partial charge in [-0.3, -0.25) is 4.99 Å². The van der Waals surface area contributed by atoms with Crippen LogP contribution in [-0.2, 0) is 6.42 Å². The maximum Gasteiger partial charge on any atom is 0.0735 e. The molecule has 0 spiro atoms. The van der Waals surface area contributed by atoms with Gasteiger partial charge in [-0.1, -0.05) is 73.7 Å². The van der Waals surface area contributed by atoms with E-state index < -0.39 is 0 Å². The Balaban J connectivity index is 1.87. The molecular weight excluding hydrogens is 362 g/mol. The van der Waals surface area contributed by atoms with Gasteiger partial charge in [0, 0.05) is 23.1 Å². The van der Waals surface area contributed by atoms with E-state index in [1.54, 1.807) is 0 Å². The predicted octanol–water partition coefficient (Wildman–Crippen LogP) is 5.47. The fraction of sp³-hybridized carbons (Fsp3) is 0.241. The van der Waals surface area contributed by atoms with Crippen LogP contribution in [0.5, 0.6) is 0 Å². The SMILES string of the molecule is CC1=C=Cc2c(ccc3/c2=N\CC2=C(/C=C\C(C)/C=3c3ccccc3)CCC=C2)C1. The number of rotatable bonds is 1. The lowest BCUT2D eigenvalue weighted by molar-refractivity contribution is 0.908. The maximum atomic E-state index is 5.24. The Morgan fingerprint density at radius 3 is 2.73 bits per heavy atom. The van der Waals surface area contributed by atoms with Crippen molar-refractivity contribution in [3.63, 3.8) is 0 Å². The molecule has 0 saturated heterocycles. The van der Waals surface area contributed by atoms with Gasteiger partial charge in [0.1, 0.15) is 0 Å². The van der Waals surface area contributed by atoms with E-state index >= 15 is 0 Å². The summed E-state index contributed by atoms with van der Waals surface area (Å²) >= 11 is 0. The van der Waals surface area contributed by atoms with Crippen molar-refractivity contribution < 1.29 is 0 Å². The second-order valence-corrected chi connectivity index (χ2v) is 8.52. The van der Waals surface area contributed by atoms with E-state index in [1.807, 2.05) is 0 Å². The zero-order chi connectivity index (χ0) is 20.5. The van der Waals surface area contributed by atoms with Crippen LogP contribution in [0.4, 0.5) is 0 Å². The average molecular weight is 390 g/mol. The highest BCUT2D eigenvalue weighted by Gasteiger charge is 2.16. The average Bonchev–Trinajstić information content (AvgIpc) is 2.78. The molecule has 1 nitrogen and oxygen atoms in total. The summed E-state index contributed by atoms with van der Waals surface area (Å²) < 4.78 is 0. The molecule has 3 aliphatic rings. The van der Waals surface area contributed by atoms with Crippen LogP contribution in [0.1, 0.15) is 43.4 Å². The number of hydrogen-bond donors (Lipinski definition) is 0. The Morgan fingerprint density at radius 2 is 1.87 bits per heavy atom. The van der Waals surface area contributed by atoms with Crippen molar-refractivity contribution in [3.8, 4) is 0 Å². The molecule has 148 valence electrons. The summed E-state index contributed by atoms with van der Waals surface area (Å²) in [4.78, 5) is 5.24. The Hall–Kier alpha value is -3.15. The Bertz CT molecular complexity index is 1280. The van der Waals surface area contributed by atoms with Gasteiger partial charge in [0.15, 0.2) is 0 Å². The summed E-state index contributed by atoms with van der Waals surface area (Å²) in [5.74, 6) is 0.294. The van der Waals surface area contributed by atoms with Gasteiger partial charge in [-0.25, -0.2) is 0 Å². The van der Waals surface area contributed by atoms with Gasteiger partial charge in [-0.05, 0) is 59.3 Å². The highest BCUT2D eigenvalue weighted by Crippen LogP contribution is 2.26. The summed E-state index contributed by atoms with van der Waals surface area (Å²) in [6.45, 7) is 5.19. The quantitative estimate of drug-likeness (QED) is 0.573. The minimum Gasteiger partial charge on any atom is -0.279 e. The van der Waals surface area contributed by atoms with Gasteiger partial charge in [0.2, 0.25) is 0 Å². The molecule has 0 aromatic heterocycles. The minimum atomic E-state index is 0.294. The van der Waals surface area contributed by atoms with E-state index in [0.29, 0.717) is 5.92 Å². The third-order valence-electron chi connectivity index (χ3n) is 6.36. The van der Waals surface area contributed by atoms with Crippen LogP contribution in [-0.4, -0.2) is 6.54 Å². The highest BCUT2D eigenvalue weighted by atomic mass is 14.7. The molecule has 0 radical (unpaired) electrons. The largest absolute Gasteiger partial charge is 0.279 e. The molecule has 1 heteroatoms. The van der Waals surface area contributed by atoms with Crippen LogP contribution in [0, 0.1) is 5.92 Å². The molecule has 2 aliphatic carbocycles. The molecule has 2 aromatic rings. The van der Waals surface area contributed by atoms with E-state index in [9.17, 15) is 0 Å². The molecule has 1 aliphatic heterocycles. The number of hydrogen-bond acceptors (Lipinski definition) is 1. The summed E-state index contributed by atoms with van der Waals surface area (Å²) in [6, 6.07) is 15.4. The number of nitrogens with zero attached hydrogens (tertiary/aromatic N) is 1. The molecule has 1 unspecified atom stereocenters. The first-order valence-electron chi connectivity index (χ1n) is 11.0. The molecule has 0 amide bonds. The van der Waals surface area contributed by atoms with Crippen molar-refractivity contribution in [2.24, 2.45) is 10.9 Å². The fourth-order valence-electron chi connectivity index (χ4n) is 4.76. The second kappa shape index (κ2) is 7.94. The first-order chi connectivity index (χ1) is 14.7. The molecule has 5 rings (SSSR count). The van der Waals surface area contributed by atoms with Gasteiger partial charge in [0.25, 0.3) is 0 Å². The molecule has 0 bridgehead atoms. The topological polar surface area (TPSA) is 12.4 Å². The Labute approximate surface area is 178 Å². The van der Waals surface area contributed by atoms with Gasteiger partial charge in [0.05, 0.1) is 11.9 Å². The van der Waals surface area contributed by atoms with E-state index in [2.05, 4.69) is 92.4 Å². The molecule has 2 aromatic carbocycles. The van der Waals surface area contributed by atoms with Crippen molar-refractivity contribution in [1.29, 1.82) is 0 Å². The van der Waals surface area contributed by atoms with Crippen molar-refractivity contribution in [2.45, 2.75) is 33.1 Å². The lowest BCUT2D eigenvalue weighted by Gasteiger charge is -2.19. The molecule has 30 heavy (non-hydrogen) atoms. The smallest absolute Gasteiger partial charge is 0.0735 e. The van der Waals surface area contributed by atoms with E-state index in [-0.39, 0.29) is 0 Å². The number of benzene rings is 2. The molecule has 0 N–H and O–H groups in total. The Morgan fingerprint density at radius 1 is 1.00 bits per heavy atom. The zero-order valence-corrected chi connectivity index (χ0v) is 17.8. The molecule has 0 fully saturated rings. The second-order valence-electron chi connectivity index (χ2n) is 8.52. The predicted molar refractivity (Wildman–Crippen MR) is 126 cm³/mol.